The monoisotopic (exact) mass is 286 g/mol. The van der Waals surface area contributed by atoms with Crippen LogP contribution in [0.3, 0.4) is 0 Å². The third-order valence-corrected chi connectivity index (χ3v) is 5.20. The van der Waals surface area contributed by atoms with Gasteiger partial charge in [-0.05, 0) is 25.1 Å². The third kappa shape index (κ3) is 2.46. The molecule has 2 rings (SSSR count). The summed E-state index contributed by atoms with van der Waals surface area (Å²) in [4.78, 5) is 0. The molecule has 0 saturated carbocycles. The van der Waals surface area contributed by atoms with Crippen LogP contribution in [0.2, 0.25) is 0 Å². The van der Waals surface area contributed by atoms with Crippen molar-refractivity contribution < 1.29 is 12.8 Å². The first kappa shape index (κ1) is 12.8. The first-order valence-electron chi connectivity index (χ1n) is 5.02. The highest BCUT2D eigenvalue weighted by atomic mass is 32.2. The van der Waals surface area contributed by atoms with Gasteiger partial charge in [-0.1, -0.05) is 6.07 Å². The van der Waals surface area contributed by atoms with Crippen molar-refractivity contribution in [3.05, 3.63) is 41.0 Å². The van der Waals surface area contributed by atoms with Crippen LogP contribution in [-0.4, -0.2) is 8.42 Å². The molecule has 0 bridgehead atoms. The predicted molar refractivity (Wildman–Crippen MR) is 70.7 cm³/mol. The Morgan fingerprint density at radius 3 is 2.72 bits per heavy atom. The number of hydrogen-bond donors (Lipinski definition) is 2. The fraction of sp³-hybridized carbons (Fsp3) is 0.0909. The van der Waals surface area contributed by atoms with Crippen LogP contribution in [0.1, 0.15) is 5.56 Å². The Morgan fingerprint density at radius 1 is 1.39 bits per heavy atom. The molecule has 0 atom stereocenters. The lowest BCUT2D eigenvalue weighted by Gasteiger charge is -2.09. The van der Waals surface area contributed by atoms with E-state index in [1.807, 2.05) is 0 Å². The third-order valence-electron chi connectivity index (χ3n) is 2.37. The number of rotatable bonds is 3. The number of nitrogens with two attached hydrogens (primary N) is 1. The van der Waals surface area contributed by atoms with E-state index in [-0.39, 0.29) is 15.5 Å². The van der Waals surface area contributed by atoms with E-state index >= 15 is 0 Å². The Morgan fingerprint density at radius 2 is 2.11 bits per heavy atom. The minimum absolute atomic E-state index is 0.101. The zero-order chi connectivity index (χ0) is 13.3. The van der Waals surface area contributed by atoms with Gasteiger partial charge in [-0.15, -0.1) is 11.3 Å². The quantitative estimate of drug-likeness (QED) is 0.911. The van der Waals surface area contributed by atoms with Gasteiger partial charge >= 0.3 is 0 Å². The summed E-state index contributed by atoms with van der Waals surface area (Å²) in [5.74, 6) is -0.458. The second-order valence-corrected chi connectivity index (χ2v) is 6.54. The van der Waals surface area contributed by atoms with Gasteiger partial charge in [-0.25, -0.2) is 12.8 Å². The van der Waals surface area contributed by atoms with E-state index in [1.165, 1.54) is 36.6 Å². The normalized spacial score (nSPS) is 11.4. The summed E-state index contributed by atoms with van der Waals surface area (Å²) in [7, 11) is -3.71. The van der Waals surface area contributed by atoms with Gasteiger partial charge in [0, 0.05) is 16.6 Å². The first-order chi connectivity index (χ1) is 8.40. The Hall–Kier alpha value is -1.60. The molecule has 7 heteroatoms. The molecule has 4 nitrogen and oxygen atoms in total. The molecule has 1 aromatic carbocycles. The Labute approximate surface area is 108 Å². The minimum Gasteiger partial charge on any atom is -0.398 e. The summed E-state index contributed by atoms with van der Waals surface area (Å²) >= 11 is 1.02. The number of nitrogen functional groups attached to an aromatic ring is 1. The number of thiophene rings is 1. The van der Waals surface area contributed by atoms with Crippen molar-refractivity contribution in [2.45, 2.75) is 11.1 Å². The summed E-state index contributed by atoms with van der Waals surface area (Å²) in [6, 6.07) is 5.59. The number of sulfonamides is 1. The smallest absolute Gasteiger partial charge is 0.271 e. The SMILES string of the molecule is Cc1c(F)cccc1NS(=O)(=O)c1cc(N)cs1. The molecule has 0 fully saturated rings. The molecular weight excluding hydrogens is 275 g/mol. The molecular formula is C11H11FN2O2S2. The molecule has 0 radical (unpaired) electrons. The van der Waals surface area contributed by atoms with Gasteiger partial charge in [0.25, 0.3) is 10.0 Å². The van der Waals surface area contributed by atoms with Crippen LogP contribution in [0.15, 0.2) is 33.9 Å². The van der Waals surface area contributed by atoms with Crippen molar-refractivity contribution >= 4 is 32.7 Å². The van der Waals surface area contributed by atoms with Gasteiger partial charge in [0.15, 0.2) is 0 Å². The molecule has 0 aliphatic rings. The molecule has 3 N–H and O–H groups in total. The van der Waals surface area contributed by atoms with Crippen LogP contribution in [0.5, 0.6) is 0 Å². The number of hydrogen-bond acceptors (Lipinski definition) is 4. The Balaban J connectivity index is 2.37. The maximum atomic E-state index is 13.3. The highest BCUT2D eigenvalue weighted by Gasteiger charge is 2.18. The van der Waals surface area contributed by atoms with Crippen LogP contribution >= 0.6 is 11.3 Å². The largest absolute Gasteiger partial charge is 0.398 e. The van der Waals surface area contributed by atoms with Crippen LogP contribution in [0.25, 0.3) is 0 Å². The van der Waals surface area contributed by atoms with Crippen molar-refractivity contribution in [3.63, 3.8) is 0 Å². The second kappa shape index (κ2) is 4.58. The molecule has 96 valence electrons. The number of halogens is 1. The summed E-state index contributed by atoms with van der Waals surface area (Å²) in [5, 5.41) is 1.53. The molecule has 2 aromatic rings. The van der Waals surface area contributed by atoms with Crippen LogP contribution in [0.4, 0.5) is 15.8 Å². The molecule has 1 aromatic heterocycles. The van der Waals surface area contributed by atoms with Crippen molar-refractivity contribution in [1.82, 2.24) is 0 Å². The van der Waals surface area contributed by atoms with Crippen LogP contribution < -0.4 is 10.5 Å². The topological polar surface area (TPSA) is 72.2 Å². The maximum Gasteiger partial charge on any atom is 0.271 e. The molecule has 1 heterocycles. The molecule has 0 amide bonds. The molecule has 18 heavy (non-hydrogen) atoms. The van der Waals surface area contributed by atoms with E-state index < -0.39 is 15.8 Å². The standard InChI is InChI=1S/C11H11FN2O2S2/c1-7-9(12)3-2-4-10(7)14-18(15,16)11-5-8(13)6-17-11/h2-6,14H,13H2,1H3. The van der Waals surface area contributed by atoms with Gasteiger partial charge in [0.05, 0.1) is 5.69 Å². The van der Waals surface area contributed by atoms with E-state index in [0.717, 1.165) is 11.3 Å². The lowest BCUT2D eigenvalue weighted by molar-refractivity contribution is 0.602. The fourth-order valence-electron chi connectivity index (χ4n) is 1.38. The van der Waals surface area contributed by atoms with Crippen molar-refractivity contribution in [1.29, 1.82) is 0 Å². The van der Waals surface area contributed by atoms with Crippen molar-refractivity contribution in [2.24, 2.45) is 0 Å². The number of anilines is 2. The zero-order valence-electron chi connectivity index (χ0n) is 9.48. The Kier molecular flexibility index (Phi) is 3.27. The summed E-state index contributed by atoms with van der Waals surface area (Å²) in [5.41, 5.74) is 6.35. The average Bonchev–Trinajstić information content (AvgIpc) is 2.72. The zero-order valence-corrected chi connectivity index (χ0v) is 11.1. The average molecular weight is 286 g/mol. The number of benzene rings is 1. The van der Waals surface area contributed by atoms with E-state index in [0.29, 0.717) is 5.69 Å². The lowest BCUT2D eigenvalue weighted by Crippen LogP contribution is -2.12. The molecule has 0 unspecified atom stereocenters. The lowest BCUT2D eigenvalue weighted by atomic mass is 10.2. The summed E-state index contributed by atoms with van der Waals surface area (Å²) in [6.45, 7) is 1.51. The van der Waals surface area contributed by atoms with Crippen LogP contribution in [0, 0.1) is 12.7 Å². The highest BCUT2D eigenvalue weighted by Crippen LogP contribution is 2.26. The summed E-state index contributed by atoms with van der Waals surface area (Å²) in [6.07, 6.45) is 0. The van der Waals surface area contributed by atoms with Gasteiger partial charge in [-0.3, -0.25) is 4.72 Å². The van der Waals surface area contributed by atoms with Gasteiger partial charge in [-0.2, -0.15) is 0 Å². The van der Waals surface area contributed by atoms with Crippen molar-refractivity contribution in [3.8, 4) is 0 Å². The molecule has 0 spiro atoms. The molecule has 0 aliphatic carbocycles. The Bertz CT molecular complexity index is 680. The highest BCUT2D eigenvalue weighted by molar-refractivity contribution is 7.94. The number of nitrogens with one attached hydrogen (secondary N) is 1. The predicted octanol–water partition coefficient (Wildman–Crippen LogP) is 2.58. The minimum atomic E-state index is -3.71. The van der Waals surface area contributed by atoms with E-state index in [2.05, 4.69) is 4.72 Å². The summed E-state index contributed by atoms with van der Waals surface area (Å²) < 4.78 is 39.8. The second-order valence-electron chi connectivity index (χ2n) is 3.72. The molecule has 0 aliphatic heterocycles. The fourth-order valence-corrected chi connectivity index (χ4v) is 3.59. The van der Waals surface area contributed by atoms with Crippen molar-refractivity contribution in [2.75, 3.05) is 10.5 Å². The van der Waals surface area contributed by atoms with E-state index in [1.54, 1.807) is 0 Å². The molecule has 0 saturated heterocycles. The van der Waals surface area contributed by atoms with Gasteiger partial charge in [0.2, 0.25) is 0 Å². The first-order valence-corrected chi connectivity index (χ1v) is 7.38. The van der Waals surface area contributed by atoms with Gasteiger partial charge in [0.1, 0.15) is 10.0 Å². The van der Waals surface area contributed by atoms with Crippen LogP contribution in [-0.2, 0) is 10.0 Å². The maximum absolute atomic E-state index is 13.3. The van der Waals surface area contributed by atoms with E-state index in [4.69, 9.17) is 5.73 Å². The van der Waals surface area contributed by atoms with Gasteiger partial charge < -0.3 is 5.73 Å². The van der Waals surface area contributed by atoms with E-state index in [9.17, 15) is 12.8 Å².